The van der Waals surface area contributed by atoms with Crippen LogP contribution in [0.1, 0.15) is 26.7 Å². The zero-order valence-corrected chi connectivity index (χ0v) is 7.55. The fraction of sp³-hybridized carbons (Fsp3) is 1.00. The molecule has 0 rings (SSSR count). The maximum Gasteiger partial charge on any atom is 1.00 e. The van der Waals surface area contributed by atoms with Gasteiger partial charge in [0.1, 0.15) is 0 Å². The second-order valence-corrected chi connectivity index (χ2v) is 1.000. The molecule has 0 saturated carbocycles. The SMILES string of the molecule is CCCC.[Cl-].[Na+]. The van der Waals surface area contributed by atoms with E-state index in [1.165, 1.54) is 12.8 Å². The van der Waals surface area contributed by atoms with Crippen LogP contribution in [0, 0.1) is 0 Å². The van der Waals surface area contributed by atoms with Crippen LogP contribution in [0.5, 0.6) is 0 Å². The van der Waals surface area contributed by atoms with Crippen LogP contribution in [-0.2, 0) is 0 Å². The molecule has 0 heterocycles. The summed E-state index contributed by atoms with van der Waals surface area (Å²) in [5, 5.41) is 0. The van der Waals surface area contributed by atoms with Crippen molar-refractivity contribution in [2.45, 2.75) is 26.7 Å². The summed E-state index contributed by atoms with van der Waals surface area (Å²) in [5.74, 6) is 0. The molecule has 0 fully saturated rings. The van der Waals surface area contributed by atoms with Gasteiger partial charge in [-0.1, -0.05) is 26.7 Å². The van der Waals surface area contributed by atoms with Gasteiger partial charge in [-0.2, -0.15) is 0 Å². The van der Waals surface area contributed by atoms with Crippen molar-refractivity contribution >= 4 is 0 Å². The van der Waals surface area contributed by atoms with Crippen molar-refractivity contribution in [1.29, 1.82) is 0 Å². The molecule has 0 saturated heterocycles. The minimum Gasteiger partial charge on any atom is -1.00 e. The molecule has 6 heavy (non-hydrogen) atoms. The van der Waals surface area contributed by atoms with E-state index in [2.05, 4.69) is 13.8 Å². The fourth-order valence-corrected chi connectivity index (χ4v) is 0. The Kier molecular flexibility index (Phi) is 42.5. The van der Waals surface area contributed by atoms with Gasteiger partial charge < -0.3 is 12.4 Å². The molecule has 0 aliphatic heterocycles. The predicted octanol–water partition coefficient (Wildman–Crippen LogP) is -4.19. The van der Waals surface area contributed by atoms with E-state index in [4.69, 9.17) is 0 Å². The van der Waals surface area contributed by atoms with E-state index in [0.29, 0.717) is 0 Å². The molecule has 0 atom stereocenters. The van der Waals surface area contributed by atoms with Gasteiger partial charge in [-0.15, -0.1) is 0 Å². The fourth-order valence-electron chi connectivity index (χ4n) is 0. The van der Waals surface area contributed by atoms with Crippen molar-refractivity contribution in [3.8, 4) is 0 Å². The van der Waals surface area contributed by atoms with Gasteiger partial charge in [0.2, 0.25) is 0 Å². The Hall–Kier alpha value is 1.29. The van der Waals surface area contributed by atoms with Gasteiger partial charge in [0.05, 0.1) is 0 Å². The zero-order valence-electron chi connectivity index (χ0n) is 4.79. The first-order chi connectivity index (χ1) is 1.91. The van der Waals surface area contributed by atoms with Crippen LogP contribution in [0.3, 0.4) is 0 Å². The van der Waals surface area contributed by atoms with Crippen LogP contribution in [0.4, 0.5) is 0 Å². The second kappa shape index (κ2) is 16.3. The smallest absolute Gasteiger partial charge is 1.00 e. The molecule has 0 nitrogen and oxygen atoms in total. The van der Waals surface area contributed by atoms with Crippen molar-refractivity contribution in [3.05, 3.63) is 0 Å². The molecule has 0 amide bonds. The Morgan fingerprint density at radius 1 is 1.00 bits per heavy atom. The Morgan fingerprint density at radius 3 is 1.17 bits per heavy atom. The summed E-state index contributed by atoms with van der Waals surface area (Å²) in [6.45, 7) is 4.36. The summed E-state index contributed by atoms with van der Waals surface area (Å²) in [4.78, 5) is 0. The summed E-state index contributed by atoms with van der Waals surface area (Å²) in [6.07, 6.45) is 2.64. The van der Waals surface area contributed by atoms with E-state index in [1.807, 2.05) is 0 Å². The van der Waals surface area contributed by atoms with E-state index in [9.17, 15) is 0 Å². The number of hydrogen-bond acceptors (Lipinski definition) is 0. The van der Waals surface area contributed by atoms with Crippen LogP contribution in [0.2, 0.25) is 0 Å². The van der Waals surface area contributed by atoms with Crippen LogP contribution in [0.25, 0.3) is 0 Å². The summed E-state index contributed by atoms with van der Waals surface area (Å²) in [6, 6.07) is 0. The summed E-state index contributed by atoms with van der Waals surface area (Å²) in [7, 11) is 0. The Morgan fingerprint density at radius 2 is 1.17 bits per heavy atom. The molecule has 0 N–H and O–H groups in total. The third-order valence-corrected chi connectivity index (χ3v) is 0.500. The van der Waals surface area contributed by atoms with Crippen molar-refractivity contribution < 1.29 is 42.0 Å². The third kappa shape index (κ3) is 18.6. The van der Waals surface area contributed by atoms with Gasteiger partial charge in [-0.25, -0.2) is 0 Å². The maximum atomic E-state index is 2.18. The minimum atomic E-state index is 0. The number of unbranched alkanes of at least 4 members (excludes halogenated alkanes) is 1. The maximum absolute atomic E-state index is 2.18. The van der Waals surface area contributed by atoms with Crippen LogP contribution >= 0.6 is 0 Å². The molecule has 2 heteroatoms. The largest absolute Gasteiger partial charge is 1.00 e. The second-order valence-electron chi connectivity index (χ2n) is 1.000. The first-order valence-electron chi connectivity index (χ1n) is 1.91. The Balaban J connectivity index is -0.0000000450. The molecule has 0 aliphatic carbocycles. The molecule has 0 aliphatic rings. The van der Waals surface area contributed by atoms with E-state index < -0.39 is 0 Å². The standard InChI is InChI=1S/C4H10.ClH.Na/c1-3-4-2;;/h3-4H2,1-2H3;1H;/q;;+1/p-1. The van der Waals surface area contributed by atoms with Gasteiger partial charge in [-0.3, -0.25) is 0 Å². The third-order valence-electron chi connectivity index (χ3n) is 0.500. The van der Waals surface area contributed by atoms with Crippen LogP contribution in [0.15, 0.2) is 0 Å². The molecule has 0 aromatic heterocycles. The van der Waals surface area contributed by atoms with Crippen molar-refractivity contribution in [2.24, 2.45) is 0 Å². The molecule has 0 bridgehead atoms. The topological polar surface area (TPSA) is 0 Å². The van der Waals surface area contributed by atoms with Gasteiger partial charge in [0.15, 0.2) is 0 Å². The summed E-state index contributed by atoms with van der Waals surface area (Å²) >= 11 is 0. The predicted molar refractivity (Wildman–Crippen MR) is 20.6 cm³/mol. The molecule has 34 valence electrons. The molecule has 0 unspecified atom stereocenters. The van der Waals surface area contributed by atoms with E-state index >= 15 is 0 Å². The van der Waals surface area contributed by atoms with Crippen molar-refractivity contribution in [1.82, 2.24) is 0 Å². The van der Waals surface area contributed by atoms with Crippen molar-refractivity contribution in [3.63, 3.8) is 0 Å². The minimum absolute atomic E-state index is 0. The number of halogens is 1. The van der Waals surface area contributed by atoms with Gasteiger partial charge >= 0.3 is 29.6 Å². The summed E-state index contributed by atoms with van der Waals surface area (Å²) < 4.78 is 0. The van der Waals surface area contributed by atoms with Gasteiger partial charge in [-0.05, 0) is 0 Å². The Labute approximate surface area is 68.4 Å². The molecule has 0 spiro atoms. The summed E-state index contributed by atoms with van der Waals surface area (Å²) in [5.41, 5.74) is 0. The molecule has 0 aromatic carbocycles. The first kappa shape index (κ1) is 15.7. The van der Waals surface area contributed by atoms with E-state index in [-0.39, 0.29) is 42.0 Å². The first-order valence-corrected chi connectivity index (χ1v) is 1.91. The number of rotatable bonds is 1. The van der Waals surface area contributed by atoms with E-state index in [0.717, 1.165) is 0 Å². The van der Waals surface area contributed by atoms with Crippen LogP contribution in [-0.4, -0.2) is 0 Å². The number of hydrogen-bond donors (Lipinski definition) is 0. The quantitative estimate of drug-likeness (QED) is 0.305. The van der Waals surface area contributed by atoms with E-state index in [1.54, 1.807) is 0 Å². The van der Waals surface area contributed by atoms with Gasteiger partial charge in [0, 0.05) is 0 Å². The average Bonchev–Trinajstić information content (AvgIpc) is 1.37. The molecule has 0 aromatic rings. The molecular weight excluding hydrogens is 106 g/mol. The molecular formula is C4H10ClNa. The normalized spacial score (nSPS) is 5.00. The zero-order chi connectivity index (χ0) is 3.41. The monoisotopic (exact) mass is 116 g/mol. The van der Waals surface area contributed by atoms with Crippen molar-refractivity contribution in [2.75, 3.05) is 0 Å². The molecule has 0 radical (unpaired) electrons. The Bertz CT molecular complexity index is 9.51. The average molecular weight is 117 g/mol. The van der Waals surface area contributed by atoms with Gasteiger partial charge in [0.25, 0.3) is 0 Å². The van der Waals surface area contributed by atoms with Crippen LogP contribution < -0.4 is 42.0 Å².